The fourth-order valence-corrected chi connectivity index (χ4v) is 6.32. The minimum Gasteiger partial charge on any atom is 0 e. The molecule has 0 aliphatic carbocycles. The Morgan fingerprint density at radius 1 is 0.324 bits per heavy atom. The van der Waals surface area contributed by atoms with Crippen LogP contribution in [0.25, 0.3) is 33.9 Å². The molecule has 0 atom stereocenters. The van der Waals surface area contributed by atoms with Crippen molar-refractivity contribution in [2.45, 2.75) is 157 Å². The molecule has 0 amide bonds. The van der Waals surface area contributed by atoms with Gasteiger partial charge >= 0.3 is 33.0 Å². The van der Waals surface area contributed by atoms with E-state index in [0.717, 1.165) is 33.9 Å². The zero-order valence-electron chi connectivity index (χ0n) is 43.2. The van der Waals surface area contributed by atoms with Crippen molar-refractivity contribution in [1.82, 2.24) is 19.9 Å². The van der Waals surface area contributed by atoms with Crippen molar-refractivity contribution in [1.29, 1.82) is 0 Å². The summed E-state index contributed by atoms with van der Waals surface area (Å²) in [5.41, 5.74) is 14.7. The molecular weight excluding hydrogens is 1070 g/mol. The van der Waals surface area contributed by atoms with Crippen molar-refractivity contribution in [2.75, 3.05) is 0 Å². The summed E-state index contributed by atoms with van der Waals surface area (Å²) < 4.78 is 59.2. The molecule has 4 nitrogen and oxygen atoms in total. The number of hydrogen-bond acceptors (Lipinski definition) is 4. The average molecular weight is 1140 g/mol. The van der Waals surface area contributed by atoms with Crippen molar-refractivity contribution < 1.29 is 45.3 Å². The Morgan fingerprint density at radius 3 is 0.735 bits per heavy atom. The van der Waals surface area contributed by atoms with Gasteiger partial charge in [-0.05, 0) is 103 Å². The molecule has 0 saturated heterocycles. The largest absolute Gasteiger partial charge is 0 e. The van der Waals surface area contributed by atoms with Gasteiger partial charge in [0.05, 0.1) is 11.4 Å². The zero-order valence-corrected chi connectivity index (χ0v) is 46.5. The van der Waals surface area contributed by atoms with Gasteiger partial charge in [0, 0.05) is 44.9 Å². The van der Waals surface area contributed by atoms with E-state index >= 15 is 0 Å². The van der Waals surface area contributed by atoms with Crippen molar-refractivity contribution in [2.24, 2.45) is 0 Å². The molecule has 1 radical (unpaired) electrons. The predicted octanol–water partition coefficient (Wildman–Crippen LogP) is 18.4. The third-order valence-corrected chi connectivity index (χ3v) is 10.7. The van der Waals surface area contributed by atoms with E-state index in [-0.39, 0.29) is 52.6 Å². The van der Waals surface area contributed by atoms with Crippen molar-refractivity contribution in [3.63, 3.8) is 0 Å². The Hall–Kier alpha value is -4.30. The first-order valence-electron chi connectivity index (χ1n) is 22.5. The molecule has 6 rings (SSSR count). The summed E-state index contributed by atoms with van der Waals surface area (Å²) in [6, 6.07) is 36.3. The molecule has 0 unspecified atom stereocenters. The smallest absolute Gasteiger partial charge is 0 e. The van der Waals surface area contributed by atoms with Crippen LogP contribution in [-0.2, 0) is 52.6 Å². The molecule has 375 valence electrons. The molecule has 0 aliphatic heterocycles. The molecule has 4 heterocycles. The molecule has 4 aromatic heterocycles. The topological polar surface area (TPSA) is 51.6 Å². The SMILES string of the molecule is CC(C)(C)c1cc[c-]c(-c2cc(C(C)(C)C)ccn2)c1.CC(C)(C)c1cc[c-]c(-c2cc(C(C)(C)C)ccn2)c1.CC(C)(C)c1ccnc(-c2cc(C(C)(C)C)ccn2)c1.F[P-](F)(F)(F)(F)F.[Ir]. The number of halogens is 6. The predicted molar refractivity (Wildman–Crippen MR) is 270 cm³/mol. The quantitative estimate of drug-likeness (QED) is 0.101. The molecule has 2 aromatic carbocycles. The second kappa shape index (κ2) is 21.0. The molecule has 0 fully saturated rings. The molecule has 0 N–H and O–H groups in total. The van der Waals surface area contributed by atoms with Crippen molar-refractivity contribution >= 4 is 7.81 Å². The van der Waals surface area contributed by atoms with Crippen LogP contribution in [0.1, 0.15) is 158 Å². The molecule has 0 aliphatic rings. The summed E-state index contributed by atoms with van der Waals surface area (Å²) in [4.78, 5) is 18.0. The van der Waals surface area contributed by atoms with Gasteiger partial charge in [-0.15, -0.1) is 70.8 Å². The summed E-state index contributed by atoms with van der Waals surface area (Å²) in [5.74, 6) is 0. The third kappa shape index (κ3) is 21.1. The van der Waals surface area contributed by atoms with Crippen molar-refractivity contribution in [3.8, 4) is 33.9 Å². The normalized spacial score (nSPS) is 13.4. The van der Waals surface area contributed by atoms with Gasteiger partial charge < -0.3 is 9.97 Å². The summed E-state index contributed by atoms with van der Waals surface area (Å²) in [6.45, 7) is 40.0. The van der Waals surface area contributed by atoms with Crippen LogP contribution in [0.15, 0.2) is 110 Å². The van der Waals surface area contributed by atoms with Gasteiger partial charge in [-0.1, -0.05) is 137 Å². The number of nitrogens with zero attached hydrogens (tertiary/aromatic N) is 4. The van der Waals surface area contributed by atoms with E-state index in [4.69, 9.17) is 0 Å². The Kier molecular flexibility index (Phi) is 18.4. The van der Waals surface area contributed by atoms with Gasteiger partial charge in [0.1, 0.15) is 0 Å². The summed E-state index contributed by atoms with van der Waals surface area (Å²) in [6.07, 6.45) is 7.55. The fourth-order valence-electron chi connectivity index (χ4n) is 6.32. The maximum absolute atomic E-state index is 10.7. The molecular formula is C56H72F6IrN4P-3. The minimum absolute atomic E-state index is 0. The van der Waals surface area contributed by atoms with E-state index < -0.39 is 7.81 Å². The third-order valence-electron chi connectivity index (χ3n) is 10.7. The van der Waals surface area contributed by atoms with Crippen LogP contribution in [0.5, 0.6) is 0 Å². The van der Waals surface area contributed by atoms with Crippen molar-refractivity contribution in [3.05, 3.63) is 155 Å². The minimum atomic E-state index is -10.7. The molecule has 0 bridgehead atoms. The number of hydrogen-bond donors (Lipinski definition) is 0. The van der Waals surface area contributed by atoms with Gasteiger partial charge in [-0.2, -0.15) is 0 Å². The van der Waals surface area contributed by atoms with Crippen LogP contribution in [0.2, 0.25) is 0 Å². The van der Waals surface area contributed by atoms with Gasteiger partial charge in [-0.3, -0.25) is 9.97 Å². The van der Waals surface area contributed by atoms with Crippen LogP contribution in [0, 0.1) is 12.1 Å². The van der Waals surface area contributed by atoms with Crippen LogP contribution >= 0.6 is 7.81 Å². The standard InChI is InChI=1S/2C19H24N.C18H24N2.F6P.Ir/c2*1-18(2,3)15-9-7-8-14(12-15)17-13-16(10-11-20-17)19(4,5)6;1-17(2,3)13-7-9-19-15(11-13)16-12-14(8-10-20-16)18(4,5)6;1-7(2,3,4,5)6;/h2*7,9-13H,1-6H3;7-12H,1-6H3;;/q2*-1;;-1;. The summed E-state index contributed by atoms with van der Waals surface area (Å²) >= 11 is 0. The monoisotopic (exact) mass is 1140 g/mol. The van der Waals surface area contributed by atoms with E-state index in [1.54, 1.807) is 0 Å². The fraction of sp³-hybridized carbons (Fsp3) is 0.429. The maximum atomic E-state index is 9.87. The van der Waals surface area contributed by atoms with E-state index in [9.17, 15) is 25.2 Å². The average Bonchev–Trinajstić information content (AvgIpc) is 3.19. The van der Waals surface area contributed by atoms with Gasteiger partial charge in [0.15, 0.2) is 0 Å². The number of aromatic nitrogens is 4. The molecule has 0 spiro atoms. The first kappa shape index (κ1) is 59.8. The van der Waals surface area contributed by atoms with Crippen LogP contribution in [0.4, 0.5) is 25.2 Å². The van der Waals surface area contributed by atoms with Crippen LogP contribution in [0.3, 0.4) is 0 Å². The Balaban J connectivity index is 0.000000324. The molecule has 0 saturated carbocycles. The van der Waals surface area contributed by atoms with E-state index in [1.807, 2.05) is 36.9 Å². The van der Waals surface area contributed by atoms with Gasteiger partial charge in [0.2, 0.25) is 0 Å². The number of pyridine rings is 4. The zero-order chi connectivity index (χ0) is 51.3. The van der Waals surface area contributed by atoms with E-state index in [0.29, 0.717) is 0 Å². The molecule has 12 heteroatoms. The molecule has 6 aromatic rings. The first-order valence-corrected chi connectivity index (χ1v) is 24.5. The number of benzene rings is 2. The van der Waals surface area contributed by atoms with Crippen LogP contribution in [-0.4, -0.2) is 19.9 Å². The summed E-state index contributed by atoms with van der Waals surface area (Å²) in [7, 11) is -10.7. The maximum Gasteiger partial charge on any atom is 0 e. The number of rotatable bonds is 3. The Labute approximate surface area is 417 Å². The Bertz CT molecular complexity index is 2150. The first-order chi connectivity index (χ1) is 30.0. The Morgan fingerprint density at radius 2 is 0.515 bits per heavy atom. The second-order valence-corrected chi connectivity index (χ2v) is 25.1. The van der Waals surface area contributed by atoms with Gasteiger partial charge in [0.25, 0.3) is 0 Å². The van der Waals surface area contributed by atoms with E-state index in [2.05, 4.69) is 229 Å². The summed E-state index contributed by atoms with van der Waals surface area (Å²) in [5, 5.41) is 0. The van der Waals surface area contributed by atoms with Gasteiger partial charge in [-0.25, -0.2) is 0 Å². The van der Waals surface area contributed by atoms with Crippen LogP contribution < -0.4 is 0 Å². The second-order valence-electron chi connectivity index (χ2n) is 23.2. The molecule has 68 heavy (non-hydrogen) atoms. The van der Waals surface area contributed by atoms with E-state index in [1.165, 1.54) is 33.4 Å².